The summed E-state index contributed by atoms with van der Waals surface area (Å²) in [7, 11) is 1.98. The molecule has 1 aromatic rings. The predicted molar refractivity (Wildman–Crippen MR) is 70.6 cm³/mol. The van der Waals surface area contributed by atoms with Crippen LogP contribution in [0.3, 0.4) is 0 Å². The smallest absolute Gasteiger partial charge is 0.0335 e. The molecule has 2 atom stereocenters. The highest BCUT2D eigenvalue weighted by atomic mass is 14.8. The van der Waals surface area contributed by atoms with Gasteiger partial charge in [0.25, 0.3) is 0 Å². The first-order chi connectivity index (χ1) is 7.60. The maximum atomic E-state index is 6.31. The monoisotopic (exact) mass is 220 g/mol. The summed E-state index contributed by atoms with van der Waals surface area (Å²) in [5.41, 5.74) is 10.2. The van der Waals surface area contributed by atoms with E-state index in [1.807, 2.05) is 7.05 Å². The van der Waals surface area contributed by atoms with E-state index in [4.69, 9.17) is 5.73 Å². The highest BCUT2D eigenvalue weighted by molar-refractivity contribution is 5.31. The molecule has 0 heterocycles. The minimum atomic E-state index is 0.136. The lowest BCUT2D eigenvalue weighted by Crippen LogP contribution is -2.29. The zero-order chi connectivity index (χ0) is 12.1. The number of nitrogens with two attached hydrogens (primary N) is 1. The molecule has 1 rings (SSSR count). The Balaban J connectivity index is 2.85. The van der Waals surface area contributed by atoms with Crippen LogP contribution in [0, 0.1) is 19.8 Å². The van der Waals surface area contributed by atoms with Crippen molar-refractivity contribution in [2.24, 2.45) is 11.7 Å². The molecule has 0 amide bonds. The van der Waals surface area contributed by atoms with Crippen LogP contribution < -0.4 is 11.1 Å². The van der Waals surface area contributed by atoms with Crippen LogP contribution in [0.1, 0.15) is 36.1 Å². The van der Waals surface area contributed by atoms with E-state index in [-0.39, 0.29) is 6.04 Å². The fourth-order valence-corrected chi connectivity index (χ4v) is 2.03. The van der Waals surface area contributed by atoms with E-state index in [0.29, 0.717) is 5.92 Å². The van der Waals surface area contributed by atoms with E-state index < -0.39 is 0 Å². The highest BCUT2D eigenvalue weighted by Gasteiger charge is 2.17. The molecule has 0 saturated carbocycles. The molecule has 0 aliphatic heterocycles. The molecule has 0 bridgehead atoms. The quantitative estimate of drug-likeness (QED) is 0.800. The Hall–Kier alpha value is -0.860. The summed E-state index contributed by atoms with van der Waals surface area (Å²) < 4.78 is 0. The van der Waals surface area contributed by atoms with Gasteiger partial charge in [-0.2, -0.15) is 0 Å². The summed E-state index contributed by atoms with van der Waals surface area (Å²) in [5, 5.41) is 3.22. The minimum Gasteiger partial charge on any atom is -0.324 e. The second kappa shape index (κ2) is 6.02. The standard InChI is InChI=1S/C14H24N2/c1-5-12(9-16-4)14(15)13-7-6-10(2)11(3)8-13/h6-8,12,14,16H,5,9,15H2,1-4H3. The second-order valence-electron chi connectivity index (χ2n) is 4.60. The van der Waals surface area contributed by atoms with Gasteiger partial charge in [0, 0.05) is 6.04 Å². The number of rotatable bonds is 5. The molecule has 0 aliphatic rings. The maximum absolute atomic E-state index is 6.31. The molecule has 3 N–H and O–H groups in total. The van der Waals surface area contributed by atoms with Crippen molar-refractivity contribution >= 4 is 0 Å². The average molecular weight is 220 g/mol. The van der Waals surface area contributed by atoms with Crippen molar-refractivity contribution in [3.8, 4) is 0 Å². The van der Waals surface area contributed by atoms with Crippen LogP contribution in [0.25, 0.3) is 0 Å². The van der Waals surface area contributed by atoms with Gasteiger partial charge in [0.05, 0.1) is 0 Å². The molecule has 1 aromatic carbocycles. The number of aryl methyl sites for hydroxylation is 2. The van der Waals surface area contributed by atoms with Crippen LogP contribution in [-0.4, -0.2) is 13.6 Å². The van der Waals surface area contributed by atoms with Crippen molar-refractivity contribution in [2.75, 3.05) is 13.6 Å². The number of nitrogens with one attached hydrogen (secondary N) is 1. The van der Waals surface area contributed by atoms with Gasteiger partial charge in [-0.15, -0.1) is 0 Å². The zero-order valence-electron chi connectivity index (χ0n) is 10.9. The maximum Gasteiger partial charge on any atom is 0.0335 e. The average Bonchev–Trinajstić information content (AvgIpc) is 2.28. The summed E-state index contributed by atoms with van der Waals surface area (Å²) in [6.07, 6.45) is 1.11. The molecule has 16 heavy (non-hydrogen) atoms. The first kappa shape index (κ1) is 13.2. The molecule has 0 saturated heterocycles. The number of hydrogen-bond donors (Lipinski definition) is 2. The van der Waals surface area contributed by atoms with Gasteiger partial charge < -0.3 is 11.1 Å². The van der Waals surface area contributed by atoms with Gasteiger partial charge in [0.2, 0.25) is 0 Å². The van der Waals surface area contributed by atoms with Crippen LogP contribution in [-0.2, 0) is 0 Å². The van der Waals surface area contributed by atoms with Crippen molar-refractivity contribution in [2.45, 2.75) is 33.2 Å². The van der Waals surface area contributed by atoms with Crippen molar-refractivity contribution < 1.29 is 0 Å². The molecule has 0 aromatic heterocycles. The first-order valence-electron chi connectivity index (χ1n) is 6.07. The third-order valence-corrected chi connectivity index (χ3v) is 3.41. The summed E-state index contributed by atoms with van der Waals surface area (Å²) in [6, 6.07) is 6.68. The lowest BCUT2D eigenvalue weighted by Gasteiger charge is -2.23. The van der Waals surface area contributed by atoms with Gasteiger partial charge in [-0.25, -0.2) is 0 Å². The molecule has 2 nitrogen and oxygen atoms in total. The molecule has 0 spiro atoms. The number of hydrogen-bond acceptors (Lipinski definition) is 2. The van der Waals surface area contributed by atoms with Gasteiger partial charge in [-0.1, -0.05) is 31.5 Å². The molecule has 0 radical (unpaired) electrons. The van der Waals surface area contributed by atoms with Crippen LogP contribution >= 0.6 is 0 Å². The predicted octanol–water partition coefficient (Wildman–Crippen LogP) is 2.55. The fourth-order valence-electron chi connectivity index (χ4n) is 2.03. The van der Waals surface area contributed by atoms with E-state index in [9.17, 15) is 0 Å². The van der Waals surface area contributed by atoms with Gasteiger partial charge in [-0.05, 0) is 50.0 Å². The van der Waals surface area contributed by atoms with Gasteiger partial charge in [-0.3, -0.25) is 0 Å². The molecule has 0 aliphatic carbocycles. The fraction of sp³-hybridized carbons (Fsp3) is 0.571. The summed E-state index contributed by atoms with van der Waals surface area (Å²) >= 11 is 0. The van der Waals surface area contributed by atoms with Crippen molar-refractivity contribution in [3.63, 3.8) is 0 Å². The zero-order valence-corrected chi connectivity index (χ0v) is 10.9. The van der Waals surface area contributed by atoms with E-state index in [2.05, 4.69) is 44.3 Å². The number of benzene rings is 1. The van der Waals surface area contributed by atoms with E-state index in [1.165, 1.54) is 16.7 Å². The third kappa shape index (κ3) is 3.06. The Labute approximate surface area is 99.2 Å². The molecule has 2 unspecified atom stereocenters. The highest BCUT2D eigenvalue weighted by Crippen LogP contribution is 2.23. The normalized spacial score (nSPS) is 14.8. The van der Waals surface area contributed by atoms with Gasteiger partial charge in [0.15, 0.2) is 0 Å². The molecule has 90 valence electrons. The van der Waals surface area contributed by atoms with Crippen LogP contribution in [0.4, 0.5) is 0 Å². The lowest BCUT2D eigenvalue weighted by molar-refractivity contribution is 0.403. The summed E-state index contributed by atoms with van der Waals surface area (Å²) in [4.78, 5) is 0. The Bertz CT molecular complexity index is 334. The second-order valence-corrected chi connectivity index (χ2v) is 4.60. The van der Waals surface area contributed by atoms with Crippen molar-refractivity contribution in [1.82, 2.24) is 5.32 Å². The Morgan fingerprint density at radius 3 is 2.44 bits per heavy atom. The Morgan fingerprint density at radius 1 is 1.25 bits per heavy atom. The first-order valence-corrected chi connectivity index (χ1v) is 6.07. The molecular weight excluding hydrogens is 196 g/mol. The topological polar surface area (TPSA) is 38.0 Å². The minimum absolute atomic E-state index is 0.136. The van der Waals surface area contributed by atoms with Crippen molar-refractivity contribution in [3.05, 3.63) is 34.9 Å². The lowest BCUT2D eigenvalue weighted by atomic mass is 9.90. The van der Waals surface area contributed by atoms with Crippen molar-refractivity contribution in [1.29, 1.82) is 0 Å². The largest absolute Gasteiger partial charge is 0.324 e. The third-order valence-electron chi connectivity index (χ3n) is 3.41. The SMILES string of the molecule is CCC(CNC)C(N)c1ccc(C)c(C)c1. The van der Waals surface area contributed by atoms with Gasteiger partial charge in [0.1, 0.15) is 0 Å². The van der Waals surface area contributed by atoms with E-state index >= 15 is 0 Å². The van der Waals surface area contributed by atoms with E-state index in [1.54, 1.807) is 0 Å². The summed E-state index contributed by atoms with van der Waals surface area (Å²) in [6.45, 7) is 7.45. The van der Waals surface area contributed by atoms with E-state index in [0.717, 1.165) is 13.0 Å². The van der Waals surface area contributed by atoms with Crippen LogP contribution in [0.15, 0.2) is 18.2 Å². The van der Waals surface area contributed by atoms with Crippen LogP contribution in [0.5, 0.6) is 0 Å². The molecular formula is C14H24N2. The van der Waals surface area contributed by atoms with Crippen LogP contribution in [0.2, 0.25) is 0 Å². The summed E-state index contributed by atoms with van der Waals surface area (Å²) in [5.74, 6) is 0.507. The Kier molecular flexibility index (Phi) is 4.97. The molecule has 0 fully saturated rings. The van der Waals surface area contributed by atoms with Gasteiger partial charge >= 0.3 is 0 Å². The molecule has 2 heteroatoms. The Morgan fingerprint density at radius 2 is 1.94 bits per heavy atom.